The third kappa shape index (κ3) is 5.42. The summed E-state index contributed by atoms with van der Waals surface area (Å²) in [5.74, 6) is 0. The fraction of sp³-hybridized carbons (Fsp3) is 0.316. The van der Waals surface area contributed by atoms with E-state index in [2.05, 4.69) is 24.1 Å². The van der Waals surface area contributed by atoms with Crippen molar-refractivity contribution >= 4 is 11.8 Å². The van der Waals surface area contributed by atoms with Gasteiger partial charge in [0.2, 0.25) is 0 Å². The van der Waals surface area contributed by atoms with Gasteiger partial charge in [0.05, 0.1) is 0 Å². The molecule has 0 spiro atoms. The topological polar surface area (TPSA) is 41.6 Å². The van der Waals surface area contributed by atoms with Crippen LogP contribution in [-0.2, 0) is 4.74 Å². The number of hydrogen-bond acceptors (Lipinski definition) is 3. The molecule has 1 amide bonds. The second-order valence-electron chi connectivity index (χ2n) is 5.23. The van der Waals surface area contributed by atoms with Gasteiger partial charge in [0.25, 0.3) is 0 Å². The molecule has 4 nitrogen and oxygen atoms in total. The van der Waals surface area contributed by atoms with Gasteiger partial charge in [0.15, 0.2) is 0 Å². The Morgan fingerprint density at radius 1 is 1.00 bits per heavy atom. The van der Waals surface area contributed by atoms with Crippen LogP contribution in [0.4, 0.5) is 10.5 Å². The van der Waals surface area contributed by atoms with Gasteiger partial charge in [-0.25, -0.2) is 4.79 Å². The molecule has 0 saturated heterocycles. The van der Waals surface area contributed by atoms with Crippen LogP contribution in [0, 0.1) is 0 Å². The smallest absolute Gasteiger partial charge is 0.411 e. The second kappa shape index (κ2) is 8.96. The van der Waals surface area contributed by atoms with E-state index in [4.69, 9.17) is 4.74 Å². The van der Waals surface area contributed by atoms with Crippen molar-refractivity contribution in [3.05, 3.63) is 54.6 Å². The maximum atomic E-state index is 11.9. The molecule has 122 valence electrons. The molecule has 0 bridgehead atoms. The van der Waals surface area contributed by atoms with Gasteiger partial charge < -0.3 is 9.64 Å². The Labute approximate surface area is 138 Å². The highest BCUT2D eigenvalue weighted by Gasteiger charge is 2.06. The van der Waals surface area contributed by atoms with Gasteiger partial charge in [0.1, 0.15) is 6.61 Å². The van der Waals surface area contributed by atoms with E-state index >= 15 is 0 Å². The molecule has 2 aromatic carbocycles. The van der Waals surface area contributed by atoms with E-state index in [1.807, 2.05) is 54.6 Å². The van der Waals surface area contributed by atoms with Crippen molar-refractivity contribution < 1.29 is 9.53 Å². The Kier molecular flexibility index (Phi) is 6.63. The summed E-state index contributed by atoms with van der Waals surface area (Å²) < 4.78 is 5.23. The van der Waals surface area contributed by atoms with Crippen molar-refractivity contribution in [1.29, 1.82) is 0 Å². The van der Waals surface area contributed by atoms with Crippen molar-refractivity contribution in [3.63, 3.8) is 0 Å². The zero-order chi connectivity index (χ0) is 16.5. The van der Waals surface area contributed by atoms with Gasteiger partial charge in [-0.15, -0.1) is 0 Å². The number of likely N-dealkylation sites (N-methyl/N-ethyl adjacent to an activating group) is 1. The first-order valence-electron chi connectivity index (χ1n) is 8.04. The number of nitrogens with zero attached hydrogens (tertiary/aromatic N) is 1. The average molecular weight is 312 g/mol. The average Bonchev–Trinajstić information content (AvgIpc) is 2.60. The monoisotopic (exact) mass is 312 g/mol. The summed E-state index contributed by atoms with van der Waals surface area (Å²) in [5.41, 5.74) is 2.91. The van der Waals surface area contributed by atoms with E-state index in [0.29, 0.717) is 6.61 Å². The van der Waals surface area contributed by atoms with Crippen molar-refractivity contribution in [2.75, 3.05) is 31.6 Å². The van der Waals surface area contributed by atoms with Gasteiger partial charge in [-0.1, -0.05) is 56.3 Å². The molecule has 0 fully saturated rings. The summed E-state index contributed by atoms with van der Waals surface area (Å²) in [5, 5.41) is 2.78. The second-order valence-corrected chi connectivity index (χ2v) is 5.23. The van der Waals surface area contributed by atoms with Gasteiger partial charge in [0, 0.05) is 12.2 Å². The minimum absolute atomic E-state index is 0.395. The van der Waals surface area contributed by atoms with Crippen LogP contribution in [0.5, 0.6) is 0 Å². The molecule has 0 atom stereocenters. The molecule has 0 aliphatic heterocycles. The van der Waals surface area contributed by atoms with E-state index in [1.54, 1.807) is 0 Å². The number of rotatable bonds is 7. The van der Waals surface area contributed by atoms with Gasteiger partial charge in [-0.2, -0.15) is 0 Å². The maximum absolute atomic E-state index is 11.9. The first-order chi connectivity index (χ1) is 11.2. The molecule has 0 aromatic heterocycles. The first-order valence-corrected chi connectivity index (χ1v) is 8.04. The predicted octanol–water partition coefficient (Wildman–Crippen LogP) is 4.24. The molecule has 0 heterocycles. The van der Waals surface area contributed by atoms with Gasteiger partial charge in [-0.3, -0.25) is 5.32 Å². The molecule has 2 aromatic rings. The van der Waals surface area contributed by atoms with Crippen LogP contribution in [0.2, 0.25) is 0 Å². The Balaban J connectivity index is 1.89. The molecule has 0 radical (unpaired) electrons. The number of nitrogens with one attached hydrogen (secondary N) is 1. The van der Waals surface area contributed by atoms with Crippen LogP contribution in [0.1, 0.15) is 13.8 Å². The summed E-state index contributed by atoms with van der Waals surface area (Å²) in [7, 11) is 0. The lowest BCUT2D eigenvalue weighted by Gasteiger charge is -2.17. The quantitative estimate of drug-likeness (QED) is 0.831. The molecule has 2 rings (SSSR count). The minimum Gasteiger partial charge on any atom is -0.448 e. The highest BCUT2D eigenvalue weighted by atomic mass is 16.5. The number of anilines is 1. The molecule has 0 aliphatic carbocycles. The van der Waals surface area contributed by atoms with Crippen LogP contribution in [0.3, 0.4) is 0 Å². The maximum Gasteiger partial charge on any atom is 0.411 e. The van der Waals surface area contributed by atoms with E-state index in [1.165, 1.54) is 0 Å². The van der Waals surface area contributed by atoms with Gasteiger partial charge >= 0.3 is 6.09 Å². The first kappa shape index (κ1) is 17.0. The SMILES string of the molecule is CCN(CC)CCOC(=O)Nc1cccc(-c2ccccc2)c1. The van der Waals surface area contributed by atoms with Crippen LogP contribution < -0.4 is 5.32 Å². The Bertz CT molecular complexity index is 610. The lowest BCUT2D eigenvalue weighted by atomic mass is 10.1. The summed E-state index contributed by atoms with van der Waals surface area (Å²) in [6, 6.07) is 17.8. The number of carbonyl (C=O) groups excluding carboxylic acids is 1. The molecule has 0 aliphatic rings. The van der Waals surface area contributed by atoms with E-state index in [0.717, 1.165) is 36.4 Å². The van der Waals surface area contributed by atoms with Crippen LogP contribution >= 0.6 is 0 Å². The normalized spacial score (nSPS) is 10.6. The van der Waals surface area contributed by atoms with Crippen LogP contribution in [0.25, 0.3) is 11.1 Å². The number of hydrogen-bond donors (Lipinski definition) is 1. The number of carbonyl (C=O) groups is 1. The molecular weight excluding hydrogens is 288 g/mol. The lowest BCUT2D eigenvalue weighted by molar-refractivity contribution is 0.142. The fourth-order valence-electron chi connectivity index (χ4n) is 2.37. The Morgan fingerprint density at radius 2 is 1.70 bits per heavy atom. The standard InChI is InChI=1S/C19H24N2O2/c1-3-21(4-2)13-14-23-19(22)20-18-12-8-11-17(15-18)16-9-6-5-7-10-16/h5-12,15H,3-4,13-14H2,1-2H3,(H,20,22). The summed E-state index contributed by atoms with van der Waals surface area (Å²) >= 11 is 0. The molecule has 0 saturated carbocycles. The zero-order valence-electron chi connectivity index (χ0n) is 13.8. The molecule has 23 heavy (non-hydrogen) atoms. The van der Waals surface area contributed by atoms with Crippen molar-refractivity contribution in [1.82, 2.24) is 4.90 Å². The minimum atomic E-state index is -0.414. The summed E-state index contributed by atoms with van der Waals surface area (Å²) in [6.07, 6.45) is -0.414. The lowest BCUT2D eigenvalue weighted by Crippen LogP contribution is -2.28. The molecule has 4 heteroatoms. The highest BCUT2D eigenvalue weighted by Crippen LogP contribution is 2.22. The number of benzene rings is 2. The van der Waals surface area contributed by atoms with Crippen molar-refractivity contribution in [2.45, 2.75) is 13.8 Å². The third-order valence-corrected chi connectivity index (χ3v) is 3.75. The largest absolute Gasteiger partial charge is 0.448 e. The van der Waals surface area contributed by atoms with Gasteiger partial charge in [-0.05, 0) is 36.3 Å². The Hall–Kier alpha value is -2.33. The zero-order valence-corrected chi connectivity index (χ0v) is 13.8. The van der Waals surface area contributed by atoms with E-state index in [9.17, 15) is 4.79 Å². The van der Waals surface area contributed by atoms with Crippen molar-refractivity contribution in [3.8, 4) is 11.1 Å². The fourth-order valence-corrected chi connectivity index (χ4v) is 2.37. The van der Waals surface area contributed by atoms with Crippen molar-refractivity contribution in [2.24, 2.45) is 0 Å². The van der Waals surface area contributed by atoms with Crippen LogP contribution in [0.15, 0.2) is 54.6 Å². The third-order valence-electron chi connectivity index (χ3n) is 3.75. The van der Waals surface area contributed by atoms with E-state index < -0.39 is 6.09 Å². The highest BCUT2D eigenvalue weighted by molar-refractivity contribution is 5.85. The molecule has 1 N–H and O–H groups in total. The Morgan fingerprint density at radius 3 is 2.39 bits per heavy atom. The van der Waals surface area contributed by atoms with E-state index in [-0.39, 0.29) is 0 Å². The number of amides is 1. The van der Waals surface area contributed by atoms with Crippen LogP contribution in [-0.4, -0.2) is 37.2 Å². The number of ether oxygens (including phenoxy) is 1. The summed E-state index contributed by atoms with van der Waals surface area (Å²) in [4.78, 5) is 14.1. The summed E-state index contributed by atoms with van der Waals surface area (Å²) in [6.45, 7) is 7.26. The predicted molar refractivity (Wildman–Crippen MR) is 94.6 cm³/mol. The molecular formula is C19H24N2O2. The molecule has 0 unspecified atom stereocenters.